The van der Waals surface area contributed by atoms with E-state index in [1.807, 2.05) is 0 Å². The van der Waals surface area contributed by atoms with E-state index in [1.165, 1.54) is 30.5 Å². The second kappa shape index (κ2) is 10.3. The van der Waals surface area contributed by atoms with E-state index >= 15 is 0 Å². The zero-order chi connectivity index (χ0) is 26.7. The van der Waals surface area contributed by atoms with Crippen LogP contribution in [0.2, 0.25) is 0 Å². The number of aromatic nitrogens is 2. The molecule has 5 nitrogen and oxygen atoms in total. The van der Waals surface area contributed by atoms with Crippen LogP contribution in [-0.4, -0.2) is 15.9 Å². The molecule has 0 saturated carbocycles. The predicted molar refractivity (Wildman–Crippen MR) is 137 cm³/mol. The number of para-hydroxylation sites is 1. The van der Waals surface area contributed by atoms with Gasteiger partial charge in [-0.15, -0.1) is 0 Å². The first-order valence-corrected chi connectivity index (χ1v) is 11.5. The van der Waals surface area contributed by atoms with Gasteiger partial charge in [-0.3, -0.25) is 4.79 Å². The van der Waals surface area contributed by atoms with Crippen LogP contribution >= 0.6 is 0 Å². The second-order valence-electron chi connectivity index (χ2n) is 8.38. The van der Waals surface area contributed by atoms with Crippen molar-refractivity contribution >= 4 is 17.1 Å². The first-order valence-electron chi connectivity index (χ1n) is 11.5. The van der Waals surface area contributed by atoms with Crippen molar-refractivity contribution in [1.29, 1.82) is 0 Å². The van der Waals surface area contributed by atoms with Gasteiger partial charge in [0, 0.05) is 5.56 Å². The number of benzene rings is 4. The summed E-state index contributed by atoms with van der Waals surface area (Å²) in [6, 6.07) is 24.0. The summed E-state index contributed by atoms with van der Waals surface area (Å²) in [5, 5.41) is 4.57. The van der Waals surface area contributed by atoms with Crippen LogP contribution in [0, 0.1) is 5.82 Å². The molecular weight excluding hydrogens is 498 g/mol. The largest absolute Gasteiger partial charge is 0.489 e. The van der Waals surface area contributed by atoms with Crippen molar-refractivity contribution in [3.05, 3.63) is 130 Å². The maximum atomic E-state index is 13.3. The third-order valence-corrected chi connectivity index (χ3v) is 5.72. The molecule has 0 saturated heterocycles. The summed E-state index contributed by atoms with van der Waals surface area (Å²) in [5.74, 6) is 0.227. The highest BCUT2D eigenvalue weighted by atomic mass is 19.4. The lowest BCUT2D eigenvalue weighted by Gasteiger charge is -2.12. The summed E-state index contributed by atoms with van der Waals surface area (Å²) in [6.07, 6.45) is -3.14. The molecule has 9 heteroatoms. The van der Waals surface area contributed by atoms with E-state index in [-0.39, 0.29) is 29.2 Å². The monoisotopic (exact) mass is 517 g/mol. The van der Waals surface area contributed by atoms with Gasteiger partial charge in [0.1, 0.15) is 18.2 Å². The van der Waals surface area contributed by atoms with E-state index in [0.717, 1.165) is 22.4 Å². The maximum absolute atomic E-state index is 13.3. The Morgan fingerprint density at radius 2 is 1.63 bits per heavy atom. The van der Waals surface area contributed by atoms with E-state index in [9.17, 15) is 22.4 Å². The van der Waals surface area contributed by atoms with E-state index in [1.54, 1.807) is 60.7 Å². The van der Waals surface area contributed by atoms with Crippen LogP contribution in [0.15, 0.2) is 107 Å². The van der Waals surface area contributed by atoms with E-state index < -0.39 is 17.3 Å². The number of hydrogen-bond donors (Lipinski definition) is 0. The number of fused-ring (bicyclic) bond motifs is 1. The summed E-state index contributed by atoms with van der Waals surface area (Å²) in [7, 11) is 0. The molecule has 1 aromatic heterocycles. The summed E-state index contributed by atoms with van der Waals surface area (Å²) in [5.41, 5.74) is 0.502. The number of nitrogens with zero attached hydrogens (tertiary/aromatic N) is 3. The van der Waals surface area contributed by atoms with Crippen molar-refractivity contribution in [1.82, 2.24) is 9.66 Å². The van der Waals surface area contributed by atoms with Crippen LogP contribution in [0.4, 0.5) is 17.6 Å². The average Bonchev–Trinajstić information content (AvgIpc) is 2.92. The molecule has 38 heavy (non-hydrogen) atoms. The summed E-state index contributed by atoms with van der Waals surface area (Å²) in [4.78, 5) is 17.7. The van der Waals surface area contributed by atoms with Crippen molar-refractivity contribution in [3.8, 4) is 17.1 Å². The number of hydrogen-bond acceptors (Lipinski definition) is 4. The molecule has 0 aliphatic rings. The van der Waals surface area contributed by atoms with Crippen LogP contribution in [0.5, 0.6) is 5.75 Å². The number of ether oxygens (including phenoxy) is 1. The quantitative estimate of drug-likeness (QED) is 0.186. The van der Waals surface area contributed by atoms with Crippen molar-refractivity contribution in [3.63, 3.8) is 0 Å². The Morgan fingerprint density at radius 3 is 2.37 bits per heavy atom. The van der Waals surface area contributed by atoms with Crippen molar-refractivity contribution < 1.29 is 22.3 Å². The third-order valence-electron chi connectivity index (χ3n) is 5.72. The first kappa shape index (κ1) is 24.9. The van der Waals surface area contributed by atoms with Gasteiger partial charge < -0.3 is 4.74 Å². The van der Waals surface area contributed by atoms with Gasteiger partial charge in [0.15, 0.2) is 5.82 Å². The molecule has 5 rings (SSSR count). The molecule has 0 bridgehead atoms. The van der Waals surface area contributed by atoms with Crippen LogP contribution in [0.3, 0.4) is 0 Å². The lowest BCUT2D eigenvalue weighted by molar-refractivity contribution is -0.137. The Balaban J connectivity index is 1.46. The SMILES string of the molecule is O=c1c2ccccc2nc(-c2cccc(C(F)(F)F)c2)n1N=Cc1ccc(OCc2ccc(F)cc2)cc1. The van der Waals surface area contributed by atoms with Gasteiger partial charge in [-0.25, -0.2) is 9.37 Å². The van der Waals surface area contributed by atoms with Gasteiger partial charge >= 0.3 is 6.18 Å². The minimum absolute atomic E-state index is 0.0182. The van der Waals surface area contributed by atoms with E-state index in [4.69, 9.17) is 4.74 Å². The highest BCUT2D eigenvalue weighted by Crippen LogP contribution is 2.32. The molecule has 0 spiro atoms. The van der Waals surface area contributed by atoms with Crippen LogP contribution in [0.1, 0.15) is 16.7 Å². The Morgan fingerprint density at radius 1 is 0.895 bits per heavy atom. The zero-order valence-electron chi connectivity index (χ0n) is 19.7. The normalized spacial score (nSPS) is 11.8. The fraction of sp³-hybridized carbons (Fsp3) is 0.0690. The number of halogens is 4. The Labute approximate surface area is 214 Å². The molecule has 190 valence electrons. The van der Waals surface area contributed by atoms with Gasteiger partial charge in [0.2, 0.25) is 0 Å². The van der Waals surface area contributed by atoms with Crippen molar-refractivity contribution in [2.45, 2.75) is 12.8 Å². The fourth-order valence-corrected chi connectivity index (χ4v) is 3.77. The van der Waals surface area contributed by atoms with E-state index in [0.29, 0.717) is 16.8 Å². The lowest BCUT2D eigenvalue weighted by atomic mass is 10.1. The maximum Gasteiger partial charge on any atom is 0.416 e. The summed E-state index contributed by atoms with van der Waals surface area (Å²) in [6.45, 7) is 0.256. The highest BCUT2D eigenvalue weighted by Gasteiger charge is 2.31. The third kappa shape index (κ3) is 5.46. The molecule has 0 aliphatic heterocycles. The molecule has 0 amide bonds. The molecule has 0 atom stereocenters. The molecule has 4 aromatic carbocycles. The number of rotatable bonds is 6. The van der Waals surface area contributed by atoms with Gasteiger partial charge in [0.25, 0.3) is 5.56 Å². The zero-order valence-corrected chi connectivity index (χ0v) is 19.7. The van der Waals surface area contributed by atoms with Crippen LogP contribution < -0.4 is 10.3 Å². The van der Waals surface area contributed by atoms with Crippen LogP contribution in [-0.2, 0) is 12.8 Å². The average molecular weight is 517 g/mol. The minimum atomic E-state index is -4.55. The Hall–Kier alpha value is -4.79. The van der Waals surface area contributed by atoms with Gasteiger partial charge in [-0.1, -0.05) is 36.4 Å². The lowest BCUT2D eigenvalue weighted by Crippen LogP contribution is -2.20. The summed E-state index contributed by atoms with van der Waals surface area (Å²) < 4.78 is 59.8. The Bertz CT molecular complexity index is 1680. The van der Waals surface area contributed by atoms with Crippen molar-refractivity contribution in [2.24, 2.45) is 5.10 Å². The van der Waals surface area contributed by atoms with Crippen molar-refractivity contribution in [2.75, 3.05) is 0 Å². The smallest absolute Gasteiger partial charge is 0.416 e. The molecule has 0 fully saturated rings. The predicted octanol–water partition coefficient (Wildman–Crippen LogP) is 6.68. The molecule has 1 heterocycles. The van der Waals surface area contributed by atoms with Gasteiger partial charge in [-0.2, -0.15) is 22.9 Å². The molecular formula is C29H19F4N3O2. The van der Waals surface area contributed by atoms with E-state index in [2.05, 4.69) is 10.1 Å². The van der Waals surface area contributed by atoms with Gasteiger partial charge in [-0.05, 0) is 71.8 Å². The summed E-state index contributed by atoms with van der Waals surface area (Å²) >= 11 is 0. The highest BCUT2D eigenvalue weighted by molar-refractivity contribution is 5.82. The molecule has 0 N–H and O–H groups in total. The second-order valence-corrected chi connectivity index (χ2v) is 8.38. The Kier molecular flexibility index (Phi) is 6.74. The molecule has 0 radical (unpaired) electrons. The number of alkyl halides is 3. The topological polar surface area (TPSA) is 56.5 Å². The molecule has 0 aliphatic carbocycles. The standard InChI is InChI=1S/C29H19F4N3O2/c30-23-12-8-20(9-13-23)18-38-24-14-10-19(11-15-24)17-34-36-27(21-4-3-5-22(16-21)29(31,32)33)35-26-7-2-1-6-25(26)28(36)37/h1-17H,18H2. The molecule has 5 aromatic rings. The molecule has 0 unspecified atom stereocenters. The van der Waals surface area contributed by atoms with Gasteiger partial charge in [0.05, 0.1) is 22.7 Å². The fourth-order valence-electron chi connectivity index (χ4n) is 3.77. The minimum Gasteiger partial charge on any atom is -0.489 e. The van der Waals surface area contributed by atoms with Crippen LogP contribution in [0.25, 0.3) is 22.3 Å². The first-order chi connectivity index (χ1) is 18.3.